The Morgan fingerprint density at radius 2 is 1.62 bits per heavy atom. The van der Waals surface area contributed by atoms with Crippen LogP contribution in [0.1, 0.15) is 86.5 Å². The van der Waals surface area contributed by atoms with Crippen molar-refractivity contribution in [2.45, 2.75) is 92.0 Å². The van der Waals surface area contributed by atoms with Crippen LogP contribution in [0.15, 0.2) is 0 Å². The summed E-state index contributed by atoms with van der Waals surface area (Å²) in [5.74, 6) is 3.86. The predicted octanol–water partition coefficient (Wildman–Crippen LogP) is 5.64. The van der Waals surface area contributed by atoms with Gasteiger partial charge in [-0.15, -0.1) is 0 Å². The fraction of sp³-hybridized carbons (Fsp3) is 1.00. The topological polar surface area (TPSA) is 12.0 Å². The van der Waals surface area contributed by atoms with Crippen LogP contribution in [0.3, 0.4) is 0 Å². The molecular weight excluding hydrogens is 254 g/mol. The van der Waals surface area contributed by atoms with Gasteiger partial charge in [0.1, 0.15) is 0 Å². The first-order valence-corrected chi connectivity index (χ1v) is 9.41. The number of rotatable bonds is 3. The molecule has 0 amide bonds. The first-order chi connectivity index (χ1) is 9.66. The van der Waals surface area contributed by atoms with Gasteiger partial charge in [-0.1, -0.05) is 33.6 Å². The van der Waals surface area contributed by atoms with E-state index >= 15 is 0 Å². The summed E-state index contributed by atoms with van der Waals surface area (Å²) in [6.07, 6.45) is 10.3. The van der Waals surface area contributed by atoms with E-state index in [0.717, 1.165) is 23.7 Å². The molecule has 2 aliphatic rings. The van der Waals surface area contributed by atoms with E-state index < -0.39 is 0 Å². The van der Waals surface area contributed by atoms with E-state index in [0.29, 0.717) is 5.41 Å². The third-order valence-electron chi connectivity index (χ3n) is 6.15. The molecule has 1 N–H and O–H groups in total. The van der Waals surface area contributed by atoms with Gasteiger partial charge in [0.2, 0.25) is 0 Å². The summed E-state index contributed by atoms with van der Waals surface area (Å²) < 4.78 is 0. The van der Waals surface area contributed by atoms with Gasteiger partial charge in [-0.3, -0.25) is 0 Å². The van der Waals surface area contributed by atoms with Gasteiger partial charge in [-0.05, 0) is 88.5 Å². The van der Waals surface area contributed by atoms with Crippen molar-refractivity contribution < 1.29 is 0 Å². The molecule has 21 heavy (non-hydrogen) atoms. The first kappa shape index (κ1) is 17.3. The standard InChI is InChI=1S/C20H39N/c1-15-7-9-16(10-8-15)18-13-20(5,6)12-11-17(18)14-21-19(2,3)4/h15-18,21H,7-14H2,1-6H3. The second-order valence-electron chi connectivity index (χ2n) is 9.98. The van der Waals surface area contributed by atoms with E-state index in [1.807, 2.05) is 0 Å². The van der Waals surface area contributed by atoms with Gasteiger partial charge in [0.25, 0.3) is 0 Å². The van der Waals surface area contributed by atoms with Crippen molar-refractivity contribution >= 4 is 0 Å². The largest absolute Gasteiger partial charge is 0.312 e. The average molecular weight is 294 g/mol. The van der Waals surface area contributed by atoms with Crippen LogP contribution in [0.5, 0.6) is 0 Å². The Hall–Kier alpha value is -0.0400. The monoisotopic (exact) mass is 293 g/mol. The summed E-state index contributed by atoms with van der Waals surface area (Å²) in [4.78, 5) is 0. The van der Waals surface area contributed by atoms with Crippen molar-refractivity contribution in [3.05, 3.63) is 0 Å². The predicted molar refractivity (Wildman–Crippen MR) is 93.5 cm³/mol. The van der Waals surface area contributed by atoms with Crippen LogP contribution in [-0.4, -0.2) is 12.1 Å². The molecule has 2 unspecified atom stereocenters. The maximum absolute atomic E-state index is 3.80. The zero-order valence-electron chi connectivity index (χ0n) is 15.5. The molecule has 124 valence electrons. The molecule has 2 fully saturated rings. The van der Waals surface area contributed by atoms with Crippen molar-refractivity contribution in [3.8, 4) is 0 Å². The molecule has 1 nitrogen and oxygen atoms in total. The van der Waals surface area contributed by atoms with Gasteiger partial charge in [0.05, 0.1) is 0 Å². The lowest BCUT2D eigenvalue weighted by Gasteiger charge is -2.46. The van der Waals surface area contributed by atoms with Crippen molar-refractivity contribution in [1.29, 1.82) is 0 Å². The lowest BCUT2D eigenvalue weighted by molar-refractivity contribution is 0.0488. The van der Waals surface area contributed by atoms with Gasteiger partial charge in [0, 0.05) is 5.54 Å². The quantitative estimate of drug-likeness (QED) is 0.709. The minimum absolute atomic E-state index is 0.262. The molecule has 2 rings (SSSR count). The second kappa shape index (κ2) is 6.60. The van der Waals surface area contributed by atoms with Gasteiger partial charge in [0.15, 0.2) is 0 Å². The van der Waals surface area contributed by atoms with Crippen molar-refractivity contribution in [2.75, 3.05) is 6.54 Å². The van der Waals surface area contributed by atoms with Gasteiger partial charge < -0.3 is 5.32 Å². The van der Waals surface area contributed by atoms with Crippen LogP contribution in [0, 0.1) is 29.1 Å². The smallest absolute Gasteiger partial charge is 0.00966 e. The SMILES string of the molecule is CC1CCC(C2CC(C)(C)CCC2CNC(C)(C)C)CC1. The zero-order valence-corrected chi connectivity index (χ0v) is 15.5. The van der Waals surface area contributed by atoms with Crippen LogP contribution in [-0.2, 0) is 0 Å². The fourth-order valence-corrected chi connectivity index (χ4v) is 4.65. The third kappa shape index (κ3) is 5.27. The van der Waals surface area contributed by atoms with Crippen LogP contribution >= 0.6 is 0 Å². The van der Waals surface area contributed by atoms with Crippen LogP contribution in [0.4, 0.5) is 0 Å². The zero-order chi connectivity index (χ0) is 15.7. The highest BCUT2D eigenvalue weighted by Crippen LogP contribution is 2.48. The minimum atomic E-state index is 0.262. The Bertz CT molecular complexity index is 317. The number of hydrogen-bond acceptors (Lipinski definition) is 1. The fourth-order valence-electron chi connectivity index (χ4n) is 4.65. The molecule has 0 heterocycles. The molecule has 0 aromatic heterocycles. The molecule has 0 aliphatic heterocycles. The summed E-state index contributed by atoms with van der Waals surface area (Å²) in [5, 5.41) is 3.80. The van der Waals surface area contributed by atoms with E-state index in [9.17, 15) is 0 Å². The molecule has 2 saturated carbocycles. The van der Waals surface area contributed by atoms with Crippen molar-refractivity contribution in [3.63, 3.8) is 0 Å². The van der Waals surface area contributed by atoms with Crippen LogP contribution in [0.2, 0.25) is 0 Å². The molecule has 0 aromatic carbocycles. The highest BCUT2D eigenvalue weighted by atomic mass is 14.9. The molecule has 0 radical (unpaired) electrons. The summed E-state index contributed by atoms with van der Waals surface area (Å²) in [6.45, 7) is 15.6. The van der Waals surface area contributed by atoms with Crippen LogP contribution in [0.25, 0.3) is 0 Å². The molecule has 0 spiro atoms. The summed E-state index contributed by atoms with van der Waals surface area (Å²) >= 11 is 0. The van der Waals surface area contributed by atoms with Gasteiger partial charge >= 0.3 is 0 Å². The van der Waals surface area contributed by atoms with Crippen LogP contribution < -0.4 is 5.32 Å². The number of nitrogens with one attached hydrogen (secondary N) is 1. The Morgan fingerprint density at radius 1 is 1.00 bits per heavy atom. The normalized spacial score (nSPS) is 37.4. The molecule has 0 bridgehead atoms. The second-order valence-corrected chi connectivity index (χ2v) is 9.98. The van der Waals surface area contributed by atoms with E-state index in [-0.39, 0.29) is 5.54 Å². The lowest BCUT2D eigenvalue weighted by atomic mass is 9.60. The Labute approximate surface area is 133 Å². The van der Waals surface area contributed by atoms with Crippen molar-refractivity contribution in [2.24, 2.45) is 29.1 Å². The van der Waals surface area contributed by atoms with E-state index in [1.165, 1.54) is 51.5 Å². The van der Waals surface area contributed by atoms with Gasteiger partial charge in [-0.2, -0.15) is 0 Å². The highest BCUT2D eigenvalue weighted by molar-refractivity contribution is 4.91. The van der Waals surface area contributed by atoms with E-state index in [2.05, 4.69) is 46.9 Å². The maximum atomic E-state index is 3.80. The Morgan fingerprint density at radius 3 is 2.19 bits per heavy atom. The van der Waals surface area contributed by atoms with E-state index in [1.54, 1.807) is 0 Å². The van der Waals surface area contributed by atoms with Gasteiger partial charge in [-0.25, -0.2) is 0 Å². The minimum Gasteiger partial charge on any atom is -0.312 e. The first-order valence-electron chi connectivity index (χ1n) is 9.41. The Kier molecular flexibility index (Phi) is 5.45. The molecule has 0 saturated heterocycles. The van der Waals surface area contributed by atoms with Crippen molar-refractivity contribution in [1.82, 2.24) is 5.32 Å². The summed E-state index contributed by atoms with van der Waals surface area (Å²) in [7, 11) is 0. The Balaban J connectivity index is 1.99. The number of hydrogen-bond donors (Lipinski definition) is 1. The molecule has 2 atom stereocenters. The maximum Gasteiger partial charge on any atom is 0.00966 e. The molecular formula is C20H39N. The highest BCUT2D eigenvalue weighted by Gasteiger charge is 2.39. The summed E-state index contributed by atoms with van der Waals surface area (Å²) in [6, 6.07) is 0. The summed E-state index contributed by atoms with van der Waals surface area (Å²) in [5.41, 5.74) is 0.838. The lowest BCUT2D eigenvalue weighted by Crippen LogP contribution is -2.45. The average Bonchev–Trinajstić information content (AvgIpc) is 2.36. The molecule has 0 aromatic rings. The molecule has 1 heteroatoms. The third-order valence-corrected chi connectivity index (χ3v) is 6.15. The molecule has 2 aliphatic carbocycles. The van der Waals surface area contributed by atoms with E-state index in [4.69, 9.17) is 0 Å².